The van der Waals surface area contributed by atoms with Gasteiger partial charge >= 0.3 is 0 Å². The average Bonchev–Trinajstić information content (AvgIpc) is 1.86. The summed E-state index contributed by atoms with van der Waals surface area (Å²) in [6.45, 7) is 5.21. The van der Waals surface area contributed by atoms with Crippen LogP contribution in [0.2, 0.25) is 0 Å². The molecule has 2 heteroatoms. The van der Waals surface area contributed by atoms with E-state index >= 15 is 0 Å². The highest BCUT2D eigenvalue weighted by atomic mass is 16.3. The highest BCUT2D eigenvalue weighted by molar-refractivity contribution is 4.37. The maximum Gasteiger partial charge on any atom is 0.189 e. The Morgan fingerprint density at radius 1 is 1.30 bits per heavy atom. The molecule has 0 aromatic heterocycles. The van der Waals surface area contributed by atoms with Crippen LogP contribution in [0.25, 0.3) is 0 Å². The molecule has 1 atom stereocenters. The first kappa shape index (κ1) is 9.92. The van der Waals surface area contributed by atoms with Gasteiger partial charge in [-0.15, -0.1) is 0 Å². The lowest BCUT2D eigenvalue weighted by atomic mass is 10.3. The van der Waals surface area contributed by atoms with Crippen molar-refractivity contribution < 1.29 is 9.59 Å². The van der Waals surface area contributed by atoms with Crippen LogP contribution in [-0.4, -0.2) is 36.5 Å². The quantitative estimate of drug-likeness (QED) is 0.467. The Kier molecular flexibility index (Phi) is 3.91. The van der Waals surface area contributed by atoms with Crippen LogP contribution < -0.4 is 0 Å². The summed E-state index contributed by atoms with van der Waals surface area (Å²) in [5, 5.41) is 9.49. The molecule has 1 N–H and O–H groups in total. The van der Waals surface area contributed by atoms with Gasteiger partial charge < -0.3 is 9.59 Å². The zero-order valence-corrected chi connectivity index (χ0v) is 7.59. The molecule has 0 saturated heterocycles. The molecular formula is C8H20NO+. The Bertz CT molecular complexity index is 91.3. The molecule has 0 aromatic carbocycles. The van der Waals surface area contributed by atoms with Gasteiger partial charge in [0.2, 0.25) is 0 Å². The Hall–Kier alpha value is -0.0800. The Labute approximate surface area is 64.1 Å². The molecular weight excluding hydrogens is 126 g/mol. The summed E-state index contributed by atoms with van der Waals surface area (Å²) in [6, 6.07) is 0. The van der Waals surface area contributed by atoms with Crippen molar-refractivity contribution in [2.24, 2.45) is 0 Å². The fraction of sp³-hybridized carbons (Fsp3) is 1.00. The molecule has 0 rings (SSSR count). The molecule has 0 aliphatic carbocycles. The van der Waals surface area contributed by atoms with E-state index in [1.807, 2.05) is 6.92 Å². The van der Waals surface area contributed by atoms with Gasteiger partial charge in [0.25, 0.3) is 0 Å². The summed E-state index contributed by atoms with van der Waals surface area (Å²) in [5.41, 5.74) is 0. The molecule has 0 radical (unpaired) electrons. The van der Waals surface area contributed by atoms with Crippen LogP contribution in [0, 0.1) is 0 Å². The zero-order valence-electron chi connectivity index (χ0n) is 7.59. The molecule has 2 nitrogen and oxygen atoms in total. The Morgan fingerprint density at radius 2 is 1.80 bits per heavy atom. The van der Waals surface area contributed by atoms with E-state index in [1.165, 1.54) is 0 Å². The van der Waals surface area contributed by atoms with E-state index in [2.05, 4.69) is 21.0 Å². The highest BCUT2D eigenvalue weighted by Crippen LogP contribution is 2.07. The molecule has 0 spiro atoms. The molecule has 0 amide bonds. The van der Waals surface area contributed by atoms with Gasteiger partial charge in [-0.3, -0.25) is 0 Å². The third-order valence-corrected chi connectivity index (χ3v) is 1.97. The average molecular weight is 146 g/mol. The number of nitrogens with zero attached hydrogens (tertiary/aromatic N) is 1. The smallest absolute Gasteiger partial charge is 0.189 e. The summed E-state index contributed by atoms with van der Waals surface area (Å²) >= 11 is 0. The van der Waals surface area contributed by atoms with Gasteiger partial charge in [0, 0.05) is 6.42 Å². The molecule has 1 unspecified atom stereocenters. The van der Waals surface area contributed by atoms with Crippen molar-refractivity contribution in [1.29, 1.82) is 0 Å². The van der Waals surface area contributed by atoms with Crippen LogP contribution >= 0.6 is 0 Å². The van der Waals surface area contributed by atoms with Crippen LogP contribution in [0.15, 0.2) is 0 Å². The second-order valence-electron chi connectivity index (χ2n) is 3.39. The number of rotatable bonds is 4. The van der Waals surface area contributed by atoms with Crippen LogP contribution in [0.1, 0.15) is 26.7 Å². The van der Waals surface area contributed by atoms with Gasteiger partial charge in [0.1, 0.15) is 0 Å². The SMILES string of the molecule is CCC[N+](C)(C)C(O)CC. The molecule has 62 valence electrons. The Balaban J connectivity index is 3.82. The van der Waals surface area contributed by atoms with Crippen molar-refractivity contribution in [3.63, 3.8) is 0 Å². The molecule has 0 aliphatic rings. The second kappa shape index (κ2) is 3.94. The van der Waals surface area contributed by atoms with Crippen molar-refractivity contribution >= 4 is 0 Å². The molecule has 0 saturated carbocycles. The number of quaternary nitrogens is 1. The van der Waals surface area contributed by atoms with Crippen molar-refractivity contribution in [2.75, 3.05) is 20.6 Å². The van der Waals surface area contributed by atoms with Crippen molar-refractivity contribution in [1.82, 2.24) is 0 Å². The predicted octanol–water partition coefficient (Wildman–Crippen LogP) is 1.20. The van der Waals surface area contributed by atoms with Crippen molar-refractivity contribution in [2.45, 2.75) is 32.9 Å². The topological polar surface area (TPSA) is 20.2 Å². The Morgan fingerprint density at radius 3 is 2.10 bits per heavy atom. The summed E-state index contributed by atoms with van der Waals surface area (Å²) in [6.07, 6.45) is 1.77. The maximum absolute atomic E-state index is 9.49. The van der Waals surface area contributed by atoms with E-state index in [1.54, 1.807) is 0 Å². The van der Waals surface area contributed by atoms with Crippen LogP contribution in [0.3, 0.4) is 0 Å². The van der Waals surface area contributed by atoms with E-state index in [-0.39, 0.29) is 6.23 Å². The fourth-order valence-electron chi connectivity index (χ4n) is 1.22. The first-order valence-electron chi connectivity index (χ1n) is 4.05. The number of aliphatic hydroxyl groups is 1. The minimum absolute atomic E-state index is 0.194. The summed E-state index contributed by atoms with van der Waals surface area (Å²) in [7, 11) is 4.13. The third-order valence-electron chi connectivity index (χ3n) is 1.97. The molecule has 0 aliphatic heterocycles. The predicted molar refractivity (Wildman–Crippen MR) is 43.6 cm³/mol. The van der Waals surface area contributed by atoms with E-state index in [4.69, 9.17) is 0 Å². The molecule has 0 aromatic rings. The highest BCUT2D eigenvalue weighted by Gasteiger charge is 2.22. The van der Waals surface area contributed by atoms with E-state index < -0.39 is 0 Å². The van der Waals surface area contributed by atoms with Crippen molar-refractivity contribution in [3.05, 3.63) is 0 Å². The van der Waals surface area contributed by atoms with Crippen molar-refractivity contribution in [3.8, 4) is 0 Å². The van der Waals surface area contributed by atoms with Gasteiger partial charge in [0.05, 0.1) is 20.6 Å². The van der Waals surface area contributed by atoms with Gasteiger partial charge in [-0.05, 0) is 6.42 Å². The largest absolute Gasteiger partial charge is 0.345 e. The van der Waals surface area contributed by atoms with E-state index in [0.29, 0.717) is 0 Å². The lowest BCUT2D eigenvalue weighted by molar-refractivity contribution is -0.936. The number of hydrogen-bond donors (Lipinski definition) is 1. The summed E-state index contributed by atoms with van der Waals surface area (Å²) < 4.78 is 0.729. The van der Waals surface area contributed by atoms with E-state index in [0.717, 1.165) is 23.9 Å². The lowest BCUT2D eigenvalue weighted by Gasteiger charge is -2.33. The molecule has 0 fully saturated rings. The minimum Gasteiger partial charge on any atom is -0.345 e. The van der Waals surface area contributed by atoms with Crippen LogP contribution in [0.4, 0.5) is 0 Å². The molecule has 0 heterocycles. The molecule has 0 bridgehead atoms. The standard InChI is InChI=1S/C8H20NO/c1-5-7-9(3,4)8(10)6-2/h8,10H,5-7H2,1-4H3/q+1. The monoisotopic (exact) mass is 146 g/mol. The normalized spacial score (nSPS) is 15.3. The maximum atomic E-state index is 9.49. The van der Waals surface area contributed by atoms with Crippen LogP contribution in [0.5, 0.6) is 0 Å². The number of hydrogen-bond acceptors (Lipinski definition) is 1. The molecule has 10 heavy (non-hydrogen) atoms. The fourth-order valence-corrected chi connectivity index (χ4v) is 1.22. The van der Waals surface area contributed by atoms with Crippen LogP contribution in [-0.2, 0) is 0 Å². The van der Waals surface area contributed by atoms with E-state index in [9.17, 15) is 5.11 Å². The minimum atomic E-state index is -0.194. The third kappa shape index (κ3) is 2.67. The second-order valence-corrected chi connectivity index (χ2v) is 3.39. The van der Waals surface area contributed by atoms with Gasteiger partial charge in [-0.2, -0.15) is 0 Å². The zero-order chi connectivity index (χ0) is 8.20. The summed E-state index contributed by atoms with van der Waals surface area (Å²) in [5.74, 6) is 0. The first-order chi connectivity index (χ1) is 4.54. The number of aliphatic hydroxyl groups excluding tert-OH is 1. The van der Waals surface area contributed by atoms with Gasteiger partial charge in [-0.1, -0.05) is 13.8 Å². The first-order valence-corrected chi connectivity index (χ1v) is 4.05. The lowest BCUT2D eigenvalue weighted by Crippen LogP contribution is -2.48. The van der Waals surface area contributed by atoms with Gasteiger partial charge in [0.15, 0.2) is 6.23 Å². The summed E-state index contributed by atoms with van der Waals surface area (Å²) in [4.78, 5) is 0. The van der Waals surface area contributed by atoms with Gasteiger partial charge in [-0.25, -0.2) is 0 Å².